The van der Waals surface area contributed by atoms with Gasteiger partial charge in [-0.2, -0.15) is 0 Å². The molecule has 6 nitrogen and oxygen atoms in total. The maximum Gasteiger partial charge on any atom is 0.239 e. The lowest BCUT2D eigenvalue weighted by Gasteiger charge is -2.41. The van der Waals surface area contributed by atoms with Gasteiger partial charge in [0.15, 0.2) is 0 Å². The molecular formula is C22H30N4O2. The Morgan fingerprint density at radius 2 is 2.14 bits per heavy atom. The third-order valence-corrected chi connectivity index (χ3v) is 5.98. The van der Waals surface area contributed by atoms with E-state index in [1.807, 2.05) is 37.8 Å². The van der Waals surface area contributed by atoms with Crippen LogP contribution in [0, 0.1) is 0 Å². The van der Waals surface area contributed by atoms with Gasteiger partial charge >= 0.3 is 0 Å². The molecule has 1 aromatic heterocycles. The normalized spacial score (nSPS) is 22.5. The van der Waals surface area contributed by atoms with E-state index in [0.717, 1.165) is 57.6 Å². The van der Waals surface area contributed by atoms with Crippen molar-refractivity contribution in [2.24, 2.45) is 0 Å². The van der Waals surface area contributed by atoms with Crippen LogP contribution in [0.1, 0.15) is 38.2 Å². The van der Waals surface area contributed by atoms with Gasteiger partial charge in [0, 0.05) is 50.2 Å². The molecule has 1 aromatic carbocycles. The zero-order valence-electron chi connectivity index (χ0n) is 16.7. The number of rotatable bonds is 8. The number of nitrogens with zero attached hydrogens (tertiary/aromatic N) is 4. The molecule has 28 heavy (non-hydrogen) atoms. The van der Waals surface area contributed by atoms with Gasteiger partial charge < -0.3 is 14.2 Å². The molecule has 0 aliphatic carbocycles. The number of aromatic nitrogens is 2. The number of amides is 1. The zero-order chi connectivity index (χ0) is 19.3. The van der Waals surface area contributed by atoms with Gasteiger partial charge in [-0.1, -0.05) is 18.2 Å². The van der Waals surface area contributed by atoms with Gasteiger partial charge in [0.1, 0.15) is 5.75 Å². The minimum absolute atomic E-state index is 0.0578. The quantitative estimate of drug-likeness (QED) is 0.659. The largest absolute Gasteiger partial charge is 0.493 e. The number of fused-ring (bicyclic) bond motifs is 1. The van der Waals surface area contributed by atoms with Crippen LogP contribution in [-0.2, 0) is 17.9 Å². The van der Waals surface area contributed by atoms with E-state index in [2.05, 4.69) is 31.5 Å². The van der Waals surface area contributed by atoms with Crippen molar-refractivity contribution in [1.82, 2.24) is 19.4 Å². The Hall–Kier alpha value is -2.34. The molecule has 150 valence electrons. The van der Waals surface area contributed by atoms with Gasteiger partial charge in [-0.3, -0.25) is 9.69 Å². The van der Waals surface area contributed by atoms with Crippen LogP contribution >= 0.6 is 0 Å². The molecule has 2 saturated heterocycles. The molecule has 0 spiro atoms. The summed E-state index contributed by atoms with van der Waals surface area (Å²) >= 11 is 0. The predicted molar refractivity (Wildman–Crippen MR) is 108 cm³/mol. The van der Waals surface area contributed by atoms with Crippen molar-refractivity contribution < 1.29 is 9.53 Å². The maximum absolute atomic E-state index is 12.7. The fourth-order valence-corrected chi connectivity index (χ4v) is 4.33. The van der Waals surface area contributed by atoms with Crippen molar-refractivity contribution in [2.75, 3.05) is 19.7 Å². The summed E-state index contributed by atoms with van der Waals surface area (Å²) in [5.41, 5.74) is 1.17. The van der Waals surface area contributed by atoms with E-state index in [1.165, 1.54) is 5.56 Å². The molecule has 0 bridgehead atoms. The lowest BCUT2D eigenvalue weighted by Crippen LogP contribution is -2.58. The average Bonchev–Trinajstić information content (AvgIpc) is 3.38. The van der Waals surface area contributed by atoms with E-state index in [1.54, 1.807) is 0 Å². The Balaban J connectivity index is 1.31. The number of unbranched alkanes of at least 4 members (excludes halogenated alkanes) is 1. The molecule has 3 heterocycles. The van der Waals surface area contributed by atoms with Crippen LogP contribution in [0.15, 0.2) is 43.0 Å². The van der Waals surface area contributed by atoms with Crippen LogP contribution in [-0.4, -0.2) is 57.0 Å². The molecule has 0 saturated carbocycles. The second kappa shape index (κ2) is 8.78. The van der Waals surface area contributed by atoms with Crippen molar-refractivity contribution in [3.8, 4) is 5.75 Å². The summed E-state index contributed by atoms with van der Waals surface area (Å²) in [5, 5.41) is 0. The number of aryl methyl sites for hydroxylation is 1. The molecule has 4 rings (SSSR count). The van der Waals surface area contributed by atoms with E-state index in [9.17, 15) is 4.79 Å². The zero-order valence-corrected chi connectivity index (χ0v) is 16.7. The minimum Gasteiger partial charge on any atom is -0.493 e. The molecule has 2 aliphatic heterocycles. The smallest absolute Gasteiger partial charge is 0.239 e. The Bertz CT molecular complexity index is 777. The number of para-hydroxylation sites is 1. The molecule has 0 N–H and O–H groups in total. The fraction of sp³-hybridized carbons (Fsp3) is 0.545. The molecular weight excluding hydrogens is 352 g/mol. The molecule has 6 heteroatoms. The van der Waals surface area contributed by atoms with Gasteiger partial charge in [0.05, 0.1) is 19.0 Å². The van der Waals surface area contributed by atoms with Crippen LogP contribution < -0.4 is 4.74 Å². The standard InChI is InChI=1S/C22H30N4O2/c1-18-22(27)26-12-6-8-20(26)16-25(18)15-19-7-2-3-9-21(19)28-14-5-4-11-24-13-10-23-17-24/h2-3,7,9-10,13,17-18,20H,4-6,8,11-12,14-16H2,1H3/t18-,20+/m0/s1. The Kier molecular flexibility index (Phi) is 5.95. The van der Waals surface area contributed by atoms with Crippen LogP contribution in [0.2, 0.25) is 0 Å². The molecule has 2 aliphatic rings. The molecule has 2 fully saturated rings. The summed E-state index contributed by atoms with van der Waals surface area (Å²) in [6.45, 7) is 6.37. The van der Waals surface area contributed by atoms with Crippen LogP contribution in [0.4, 0.5) is 0 Å². The van der Waals surface area contributed by atoms with Crippen LogP contribution in [0.25, 0.3) is 0 Å². The topological polar surface area (TPSA) is 50.6 Å². The first-order chi connectivity index (χ1) is 13.7. The number of ether oxygens (including phenoxy) is 1. The predicted octanol–water partition coefficient (Wildman–Crippen LogP) is 2.94. The number of carbonyl (C=O) groups excluding carboxylic acids is 1. The lowest BCUT2D eigenvalue weighted by atomic mass is 10.1. The van der Waals surface area contributed by atoms with Crippen molar-refractivity contribution in [1.29, 1.82) is 0 Å². The number of benzene rings is 1. The van der Waals surface area contributed by atoms with Gasteiger partial charge in [0.2, 0.25) is 5.91 Å². The number of imidazole rings is 1. The van der Waals surface area contributed by atoms with Gasteiger partial charge in [-0.05, 0) is 38.7 Å². The monoisotopic (exact) mass is 382 g/mol. The van der Waals surface area contributed by atoms with Crippen LogP contribution in [0.5, 0.6) is 5.75 Å². The summed E-state index contributed by atoms with van der Waals surface area (Å²) in [6, 6.07) is 8.58. The minimum atomic E-state index is -0.0578. The van der Waals surface area contributed by atoms with Crippen molar-refractivity contribution in [2.45, 2.75) is 57.8 Å². The highest BCUT2D eigenvalue weighted by molar-refractivity contribution is 5.83. The van der Waals surface area contributed by atoms with Crippen molar-refractivity contribution in [3.05, 3.63) is 48.5 Å². The second-order valence-corrected chi connectivity index (χ2v) is 7.90. The van der Waals surface area contributed by atoms with E-state index in [0.29, 0.717) is 12.6 Å². The second-order valence-electron chi connectivity index (χ2n) is 7.90. The van der Waals surface area contributed by atoms with Gasteiger partial charge in [-0.25, -0.2) is 4.98 Å². The average molecular weight is 383 g/mol. The molecule has 0 radical (unpaired) electrons. The van der Waals surface area contributed by atoms with E-state index in [4.69, 9.17) is 4.74 Å². The number of carbonyl (C=O) groups is 1. The van der Waals surface area contributed by atoms with Gasteiger partial charge in [0.25, 0.3) is 0 Å². The molecule has 2 atom stereocenters. The number of piperazine rings is 1. The van der Waals surface area contributed by atoms with E-state index < -0.39 is 0 Å². The first kappa shape index (κ1) is 19.0. The fourth-order valence-electron chi connectivity index (χ4n) is 4.33. The molecule has 1 amide bonds. The highest BCUT2D eigenvalue weighted by atomic mass is 16.5. The Labute approximate surface area is 167 Å². The third-order valence-electron chi connectivity index (χ3n) is 5.98. The van der Waals surface area contributed by atoms with E-state index in [-0.39, 0.29) is 11.9 Å². The highest BCUT2D eigenvalue weighted by Gasteiger charge is 2.40. The summed E-state index contributed by atoms with van der Waals surface area (Å²) in [4.78, 5) is 21.2. The van der Waals surface area contributed by atoms with Gasteiger partial charge in [-0.15, -0.1) is 0 Å². The van der Waals surface area contributed by atoms with E-state index >= 15 is 0 Å². The SMILES string of the molecule is C[C@H]1C(=O)N2CCC[C@@H]2CN1Cc1ccccc1OCCCCn1ccnc1. The summed E-state index contributed by atoms with van der Waals surface area (Å²) in [6.07, 6.45) is 9.98. The summed E-state index contributed by atoms with van der Waals surface area (Å²) in [7, 11) is 0. The summed E-state index contributed by atoms with van der Waals surface area (Å²) < 4.78 is 8.19. The van der Waals surface area contributed by atoms with Crippen molar-refractivity contribution in [3.63, 3.8) is 0 Å². The maximum atomic E-state index is 12.7. The lowest BCUT2D eigenvalue weighted by molar-refractivity contribution is -0.143. The highest BCUT2D eigenvalue weighted by Crippen LogP contribution is 2.28. The first-order valence-electron chi connectivity index (χ1n) is 10.4. The molecule has 0 unspecified atom stereocenters. The first-order valence-corrected chi connectivity index (χ1v) is 10.4. The van der Waals surface area contributed by atoms with Crippen LogP contribution in [0.3, 0.4) is 0 Å². The third kappa shape index (κ3) is 4.22. The van der Waals surface area contributed by atoms with Crippen molar-refractivity contribution >= 4 is 5.91 Å². The Morgan fingerprint density at radius 1 is 1.25 bits per heavy atom. The molecule has 2 aromatic rings. The number of hydrogen-bond donors (Lipinski definition) is 0. The summed E-state index contributed by atoms with van der Waals surface area (Å²) in [5.74, 6) is 1.23. The Morgan fingerprint density at radius 3 is 3.00 bits per heavy atom. The number of hydrogen-bond acceptors (Lipinski definition) is 4.